The Hall–Kier alpha value is -2.24. The van der Waals surface area contributed by atoms with Gasteiger partial charge in [0.15, 0.2) is 0 Å². The van der Waals surface area contributed by atoms with Crippen molar-refractivity contribution in [2.45, 2.75) is 45.7 Å². The molecule has 0 bridgehead atoms. The molecule has 0 fully saturated rings. The molecule has 30 heavy (non-hydrogen) atoms. The molecule has 1 atom stereocenters. The standard InChI is InChI=1S/C23H28Cl2N2O3/c1-4-21(23(29)26-3)27(15-17-9-12-19(24)20(25)14-17)22(28)6-5-13-30-18-10-7-16(2)8-11-18/h7-12,14,21H,4-6,13,15H2,1-3H3,(H,26,29)/t21-/m1/s1. The summed E-state index contributed by atoms with van der Waals surface area (Å²) >= 11 is 12.1. The molecule has 0 saturated carbocycles. The number of carbonyl (C=O) groups excluding carboxylic acids is 2. The van der Waals surface area contributed by atoms with Crippen LogP contribution in [0.5, 0.6) is 5.75 Å². The molecule has 2 amide bonds. The van der Waals surface area contributed by atoms with Crippen LogP contribution in [-0.4, -0.2) is 36.4 Å². The molecular weight excluding hydrogens is 423 g/mol. The van der Waals surface area contributed by atoms with Gasteiger partial charge in [-0.25, -0.2) is 0 Å². The van der Waals surface area contributed by atoms with Crippen LogP contribution in [0.1, 0.15) is 37.3 Å². The first-order chi connectivity index (χ1) is 14.3. The Morgan fingerprint density at radius 1 is 1.10 bits per heavy atom. The van der Waals surface area contributed by atoms with Gasteiger partial charge in [-0.15, -0.1) is 0 Å². The van der Waals surface area contributed by atoms with Gasteiger partial charge < -0.3 is 15.0 Å². The first-order valence-electron chi connectivity index (χ1n) is 10.00. The molecular formula is C23H28Cl2N2O3. The molecule has 0 saturated heterocycles. The van der Waals surface area contributed by atoms with Crippen molar-refractivity contribution in [3.8, 4) is 5.75 Å². The van der Waals surface area contributed by atoms with E-state index in [2.05, 4.69) is 5.32 Å². The van der Waals surface area contributed by atoms with E-state index in [9.17, 15) is 9.59 Å². The number of nitrogens with zero attached hydrogens (tertiary/aromatic N) is 1. The summed E-state index contributed by atoms with van der Waals surface area (Å²) in [7, 11) is 1.57. The Balaban J connectivity index is 2.04. The highest BCUT2D eigenvalue weighted by atomic mass is 35.5. The van der Waals surface area contributed by atoms with E-state index in [4.69, 9.17) is 27.9 Å². The molecule has 2 aromatic rings. The third kappa shape index (κ3) is 6.92. The van der Waals surface area contributed by atoms with E-state index in [1.54, 1.807) is 24.1 Å². The molecule has 2 rings (SSSR count). The number of rotatable bonds is 10. The van der Waals surface area contributed by atoms with Crippen molar-refractivity contribution in [3.05, 3.63) is 63.6 Å². The fourth-order valence-electron chi connectivity index (χ4n) is 3.11. The Kier molecular flexibility index (Phi) is 9.47. The molecule has 162 valence electrons. The maximum Gasteiger partial charge on any atom is 0.242 e. The van der Waals surface area contributed by atoms with Gasteiger partial charge in [-0.2, -0.15) is 0 Å². The normalized spacial score (nSPS) is 11.6. The van der Waals surface area contributed by atoms with E-state index in [1.807, 2.05) is 44.2 Å². The number of nitrogens with one attached hydrogen (secondary N) is 1. The number of aryl methyl sites for hydroxylation is 1. The van der Waals surface area contributed by atoms with Crippen molar-refractivity contribution in [2.24, 2.45) is 0 Å². The van der Waals surface area contributed by atoms with Crippen LogP contribution in [0.25, 0.3) is 0 Å². The minimum Gasteiger partial charge on any atom is -0.494 e. The van der Waals surface area contributed by atoms with Crippen LogP contribution in [0.2, 0.25) is 10.0 Å². The number of benzene rings is 2. The summed E-state index contributed by atoms with van der Waals surface area (Å²) in [6, 6.07) is 12.4. The fraction of sp³-hybridized carbons (Fsp3) is 0.391. The highest BCUT2D eigenvalue weighted by Crippen LogP contribution is 2.24. The number of halogens is 2. The first-order valence-corrected chi connectivity index (χ1v) is 10.8. The van der Waals surface area contributed by atoms with Crippen LogP contribution in [0, 0.1) is 6.92 Å². The van der Waals surface area contributed by atoms with Crippen LogP contribution in [-0.2, 0) is 16.1 Å². The smallest absolute Gasteiger partial charge is 0.242 e. The lowest BCUT2D eigenvalue weighted by Gasteiger charge is -2.30. The van der Waals surface area contributed by atoms with Gasteiger partial charge in [0, 0.05) is 20.0 Å². The number of carbonyl (C=O) groups is 2. The van der Waals surface area contributed by atoms with Crippen LogP contribution < -0.4 is 10.1 Å². The fourth-order valence-corrected chi connectivity index (χ4v) is 3.43. The van der Waals surface area contributed by atoms with E-state index in [1.165, 1.54) is 0 Å². The Morgan fingerprint density at radius 2 is 1.80 bits per heavy atom. The second-order valence-corrected chi connectivity index (χ2v) is 7.89. The number of hydrogen-bond donors (Lipinski definition) is 1. The van der Waals surface area contributed by atoms with Crippen molar-refractivity contribution >= 4 is 35.0 Å². The van der Waals surface area contributed by atoms with E-state index in [0.29, 0.717) is 29.5 Å². The lowest BCUT2D eigenvalue weighted by atomic mass is 10.1. The molecule has 7 heteroatoms. The van der Waals surface area contributed by atoms with Gasteiger partial charge in [-0.1, -0.05) is 53.9 Å². The Morgan fingerprint density at radius 3 is 2.40 bits per heavy atom. The predicted molar refractivity (Wildman–Crippen MR) is 121 cm³/mol. The van der Waals surface area contributed by atoms with Gasteiger partial charge in [0.1, 0.15) is 11.8 Å². The van der Waals surface area contributed by atoms with E-state index < -0.39 is 6.04 Å². The van der Waals surface area contributed by atoms with Gasteiger partial charge in [0.05, 0.1) is 16.7 Å². The van der Waals surface area contributed by atoms with Crippen molar-refractivity contribution in [1.82, 2.24) is 10.2 Å². The lowest BCUT2D eigenvalue weighted by Crippen LogP contribution is -2.48. The van der Waals surface area contributed by atoms with E-state index in [0.717, 1.165) is 16.9 Å². The monoisotopic (exact) mass is 450 g/mol. The second-order valence-electron chi connectivity index (χ2n) is 7.07. The minimum absolute atomic E-state index is 0.107. The second kappa shape index (κ2) is 11.8. The van der Waals surface area contributed by atoms with E-state index in [-0.39, 0.29) is 24.8 Å². The van der Waals surface area contributed by atoms with Gasteiger partial charge in [-0.05, 0) is 49.6 Å². The van der Waals surface area contributed by atoms with Gasteiger partial charge in [-0.3, -0.25) is 9.59 Å². The SMILES string of the molecule is CC[C@H](C(=O)NC)N(Cc1ccc(Cl)c(Cl)c1)C(=O)CCCOc1ccc(C)cc1. The molecule has 5 nitrogen and oxygen atoms in total. The molecule has 0 aliphatic heterocycles. The van der Waals surface area contributed by atoms with Gasteiger partial charge in [0.2, 0.25) is 11.8 Å². The third-order valence-corrected chi connectivity index (χ3v) is 5.53. The van der Waals surface area contributed by atoms with Crippen molar-refractivity contribution < 1.29 is 14.3 Å². The van der Waals surface area contributed by atoms with E-state index >= 15 is 0 Å². The Labute approximate surface area is 188 Å². The molecule has 0 spiro atoms. The first kappa shape index (κ1) is 24.0. The maximum atomic E-state index is 13.0. The molecule has 1 N–H and O–H groups in total. The van der Waals surface area contributed by atoms with Crippen LogP contribution >= 0.6 is 23.2 Å². The summed E-state index contributed by atoms with van der Waals surface area (Å²) in [6.07, 6.45) is 1.34. The zero-order valence-corrected chi connectivity index (χ0v) is 19.1. The van der Waals surface area contributed by atoms with Crippen molar-refractivity contribution in [3.63, 3.8) is 0 Å². The zero-order valence-electron chi connectivity index (χ0n) is 17.6. The summed E-state index contributed by atoms with van der Waals surface area (Å²) in [4.78, 5) is 27.0. The summed E-state index contributed by atoms with van der Waals surface area (Å²) < 4.78 is 5.71. The quantitative estimate of drug-likeness (QED) is 0.517. The molecule has 0 heterocycles. The minimum atomic E-state index is -0.560. The number of likely N-dealkylation sites (N-methyl/N-ethyl adjacent to an activating group) is 1. The molecule has 0 unspecified atom stereocenters. The summed E-state index contributed by atoms with van der Waals surface area (Å²) in [6.45, 7) is 4.60. The lowest BCUT2D eigenvalue weighted by molar-refractivity contribution is -0.141. The zero-order chi connectivity index (χ0) is 22.1. The van der Waals surface area contributed by atoms with Gasteiger partial charge >= 0.3 is 0 Å². The summed E-state index contributed by atoms with van der Waals surface area (Å²) in [5, 5.41) is 3.51. The molecule has 0 aliphatic rings. The average Bonchev–Trinajstić information content (AvgIpc) is 2.74. The topological polar surface area (TPSA) is 58.6 Å². The summed E-state index contributed by atoms with van der Waals surface area (Å²) in [5.41, 5.74) is 1.98. The van der Waals surface area contributed by atoms with Crippen LogP contribution in [0.3, 0.4) is 0 Å². The molecule has 2 aromatic carbocycles. The highest BCUT2D eigenvalue weighted by Gasteiger charge is 2.27. The third-order valence-electron chi connectivity index (χ3n) is 4.79. The van der Waals surface area contributed by atoms with Crippen molar-refractivity contribution in [2.75, 3.05) is 13.7 Å². The van der Waals surface area contributed by atoms with Gasteiger partial charge in [0.25, 0.3) is 0 Å². The summed E-state index contributed by atoms with van der Waals surface area (Å²) in [5.74, 6) is 0.475. The Bertz CT molecular complexity index is 856. The molecule has 0 radical (unpaired) electrons. The molecule has 0 aliphatic carbocycles. The number of ether oxygens (including phenoxy) is 1. The largest absolute Gasteiger partial charge is 0.494 e. The number of hydrogen-bond acceptors (Lipinski definition) is 3. The van der Waals surface area contributed by atoms with Crippen LogP contribution in [0.4, 0.5) is 0 Å². The average molecular weight is 451 g/mol. The van der Waals surface area contributed by atoms with Crippen LogP contribution in [0.15, 0.2) is 42.5 Å². The maximum absolute atomic E-state index is 13.0. The number of amides is 2. The predicted octanol–water partition coefficient (Wildman–Crippen LogP) is 5.01. The van der Waals surface area contributed by atoms with Crippen molar-refractivity contribution in [1.29, 1.82) is 0 Å². The highest BCUT2D eigenvalue weighted by molar-refractivity contribution is 6.42. The molecule has 0 aromatic heterocycles.